The van der Waals surface area contributed by atoms with Gasteiger partial charge in [-0.25, -0.2) is 17.8 Å². The Morgan fingerprint density at radius 3 is 2.15 bits per heavy atom. The van der Waals surface area contributed by atoms with Gasteiger partial charge in [-0.05, 0) is 80.4 Å². The van der Waals surface area contributed by atoms with E-state index in [1.54, 1.807) is 16.9 Å². The van der Waals surface area contributed by atoms with Gasteiger partial charge in [0, 0.05) is 7.11 Å². The van der Waals surface area contributed by atoms with Crippen LogP contribution in [-0.4, -0.2) is 132 Å². The zero-order chi connectivity index (χ0) is 55.4. The summed E-state index contributed by atoms with van der Waals surface area (Å²) in [5.41, 5.74) is 2.66. The first-order valence-corrected chi connectivity index (χ1v) is 29.3. The standard InChI is InChI=1S/C15H22ClNO2.C11H10Cl2F2N4O3S.C11H11Cl2NO2.C3H8NO5P.C3H9S/c1-5-13-8-6-7-11(2)15(13)17(14(18)9-16)12(3)10-19-4;1-5-16-19(11(20)18(5)10(14)15)9-4-8(17-23(2,21)22)6(12)3-7(9)13;1-7-6-16-9-5-3-2-4-8(9)14(7)11(15)10(12)13;5-3(6)1-4-2-10(7,8)9;1-4(2)3/h6-8,12H,5,9-10H2,1-4H3;3-4,10,17H,1-2H3;2-5,7,10H,6H2,1H3;4H,1-2H2,(H,5,6)(H2,7,8,9);1-3H3/q;;;;+1/p-1. The Kier molecular flexibility index (Phi) is 28.8. The molecule has 0 bridgehead atoms. The van der Waals surface area contributed by atoms with Crippen LogP contribution in [0.2, 0.25) is 10.0 Å². The SMILES string of the molecule is CC1COc2ccccc2N1C(=O)C(Cl)Cl.CCc1cccc(C)c1N(C(=O)CCl)C(C)COC.C[S+](C)C.Cc1nn(-c2cc(NS(C)(=O)=O)c(Cl)cc2Cl)c(=O)n1C(F)F.O=C(O)CNCP(=O)([O-])O. The van der Waals surface area contributed by atoms with Crippen LogP contribution in [0.4, 0.5) is 25.8 Å². The minimum Gasteiger partial charge on any atom is -0.778 e. The Morgan fingerprint density at radius 2 is 1.67 bits per heavy atom. The number of hydrogen-bond donors (Lipinski definition) is 4. The number of rotatable bonds is 15. The Labute approximate surface area is 445 Å². The van der Waals surface area contributed by atoms with Crippen molar-refractivity contribution >= 4 is 121 Å². The molecule has 0 aliphatic carbocycles. The molecule has 4 N–H and O–H groups in total. The van der Waals surface area contributed by atoms with Crippen molar-refractivity contribution in [2.45, 2.75) is 64.5 Å². The van der Waals surface area contributed by atoms with Gasteiger partial charge in [-0.15, -0.1) is 16.7 Å². The molecule has 0 radical (unpaired) electrons. The maximum absolute atomic E-state index is 12.8. The number of hydrogen-bond acceptors (Lipinski definition) is 12. The maximum atomic E-state index is 12.8. The van der Waals surface area contributed by atoms with Gasteiger partial charge in [0.15, 0.2) is 4.84 Å². The highest BCUT2D eigenvalue weighted by molar-refractivity contribution is 7.94. The molecule has 3 atom stereocenters. The number of nitrogens with zero attached hydrogens (tertiary/aromatic N) is 5. The number of para-hydroxylation sites is 3. The number of sulfonamides is 1. The molecule has 3 aromatic carbocycles. The van der Waals surface area contributed by atoms with Crippen LogP contribution < -0.4 is 35.2 Å². The van der Waals surface area contributed by atoms with E-state index in [4.69, 9.17) is 77.5 Å². The zero-order valence-electron chi connectivity index (χ0n) is 40.9. The third-order valence-corrected chi connectivity index (χ3v) is 11.4. The molecule has 1 aromatic heterocycles. The van der Waals surface area contributed by atoms with E-state index in [0.29, 0.717) is 34.5 Å². The van der Waals surface area contributed by atoms with Crippen molar-refractivity contribution in [3.05, 3.63) is 92.1 Å². The molecular weight excluding hydrogens is 1120 g/mol. The monoisotopic (exact) mass is 1170 g/mol. The average molecular weight is 1180 g/mol. The number of halogens is 7. The molecule has 19 nitrogen and oxygen atoms in total. The number of carbonyl (C=O) groups is 3. The third-order valence-electron chi connectivity index (χ3n) is 8.97. The highest BCUT2D eigenvalue weighted by atomic mass is 35.5. The Balaban J connectivity index is 0.000000483. The number of carboxylic acids is 1. The summed E-state index contributed by atoms with van der Waals surface area (Å²) in [5, 5.41) is 13.6. The van der Waals surface area contributed by atoms with Gasteiger partial charge in [0.1, 0.15) is 31.7 Å². The number of benzene rings is 3. The topological polar surface area (TPSA) is 255 Å². The van der Waals surface area contributed by atoms with Crippen molar-refractivity contribution in [1.82, 2.24) is 19.7 Å². The smallest absolute Gasteiger partial charge is 0.355 e. The van der Waals surface area contributed by atoms with Crippen LogP contribution in [-0.2, 0) is 51.0 Å². The lowest BCUT2D eigenvalue weighted by atomic mass is 10.0. The van der Waals surface area contributed by atoms with Crippen molar-refractivity contribution in [3.8, 4) is 11.4 Å². The molecule has 72 heavy (non-hydrogen) atoms. The number of ether oxygens (including phenoxy) is 2. The van der Waals surface area contributed by atoms with Crippen LogP contribution >= 0.6 is 65.6 Å². The molecule has 4 aromatic rings. The number of nitrogens with one attached hydrogen (secondary N) is 2. The number of amides is 2. The summed E-state index contributed by atoms with van der Waals surface area (Å²) in [5.74, 6) is -1.14. The normalized spacial score (nSPS) is 14.1. The lowest BCUT2D eigenvalue weighted by molar-refractivity contribution is -0.193. The number of carboxylic acid groups (broad SMARTS) is 1. The number of carbonyl (C=O) groups excluding carboxylic acids is 2. The van der Waals surface area contributed by atoms with Gasteiger partial charge in [0.25, 0.3) is 5.91 Å². The van der Waals surface area contributed by atoms with Gasteiger partial charge < -0.3 is 38.7 Å². The summed E-state index contributed by atoms with van der Waals surface area (Å²) < 4.78 is 71.9. The Hall–Kier alpha value is -3.71. The molecule has 0 fully saturated rings. The van der Waals surface area contributed by atoms with Crippen LogP contribution in [0.5, 0.6) is 5.75 Å². The van der Waals surface area contributed by atoms with E-state index < -0.39 is 53.5 Å². The van der Waals surface area contributed by atoms with Crippen molar-refractivity contribution in [3.63, 3.8) is 0 Å². The number of aromatic nitrogens is 3. The average Bonchev–Trinajstić information content (AvgIpc) is 3.57. The second kappa shape index (κ2) is 31.2. The minimum absolute atomic E-state index is 0.0223. The molecule has 1 aliphatic rings. The first-order valence-electron chi connectivity index (χ1n) is 21.0. The molecule has 29 heteroatoms. The third kappa shape index (κ3) is 22.0. The summed E-state index contributed by atoms with van der Waals surface area (Å²) in [4.78, 5) is 66.2. The van der Waals surface area contributed by atoms with Crippen LogP contribution in [0.3, 0.4) is 0 Å². The van der Waals surface area contributed by atoms with Crippen molar-refractivity contribution in [2.75, 3.05) is 78.6 Å². The molecule has 1 aliphatic heterocycles. The number of methoxy groups -OCH3 is 1. The van der Waals surface area contributed by atoms with Gasteiger partial charge in [0.2, 0.25) is 15.9 Å². The number of aryl methyl sites for hydroxylation is 3. The molecule has 0 saturated heterocycles. The van der Waals surface area contributed by atoms with Gasteiger partial charge in [0.05, 0.1) is 89.3 Å². The van der Waals surface area contributed by atoms with E-state index in [1.807, 2.05) is 62.5 Å². The fraction of sp³-hybridized carbons (Fsp3) is 0.465. The van der Waals surface area contributed by atoms with Crippen LogP contribution in [0.15, 0.2) is 59.4 Å². The van der Waals surface area contributed by atoms with E-state index in [-0.39, 0.29) is 61.6 Å². The van der Waals surface area contributed by atoms with Crippen molar-refractivity contribution < 1.29 is 60.5 Å². The first kappa shape index (κ1) is 66.3. The highest BCUT2D eigenvalue weighted by Crippen LogP contribution is 2.35. The lowest BCUT2D eigenvalue weighted by Crippen LogP contribution is -2.47. The fourth-order valence-corrected chi connectivity index (χ4v) is 8.07. The predicted octanol–water partition coefficient (Wildman–Crippen LogP) is 6.84. The van der Waals surface area contributed by atoms with Crippen molar-refractivity contribution in [2.24, 2.45) is 0 Å². The van der Waals surface area contributed by atoms with Crippen LogP contribution in [0.25, 0.3) is 5.69 Å². The molecular formula is C43H59Cl5F2N7O12PS2. The maximum Gasteiger partial charge on any atom is 0.355 e. The van der Waals surface area contributed by atoms with Gasteiger partial charge in [-0.3, -0.25) is 24.4 Å². The molecule has 2 amide bonds. The van der Waals surface area contributed by atoms with Crippen LogP contribution in [0, 0.1) is 13.8 Å². The number of fused-ring (bicyclic) bond motifs is 1. The molecule has 0 spiro atoms. The molecule has 2 heterocycles. The summed E-state index contributed by atoms with van der Waals surface area (Å²) >= 11 is 28.8. The number of anilines is 3. The molecule has 3 unspecified atom stereocenters. The van der Waals surface area contributed by atoms with E-state index in [0.717, 1.165) is 41.2 Å². The van der Waals surface area contributed by atoms with Crippen molar-refractivity contribution in [1.29, 1.82) is 0 Å². The summed E-state index contributed by atoms with van der Waals surface area (Å²) in [7, 11) is -5.72. The lowest BCUT2D eigenvalue weighted by Gasteiger charge is -2.35. The molecule has 5 rings (SSSR count). The van der Waals surface area contributed by atoms with E-state index in [2.05, 4.69) is 41.6 Å². The van der Waals surface area contributed by atoms with Gasteiger partial charge >= 0.3 is 18.2 Å². The van der Waals surface area contributed by atoms with Gasteiger partial charge in [-0.1, -0.05) is 83.7 Å². The first-order chi connectivity index (χ1) is 33.3. The Morgan fingerprint density at radius 1 is 1.07 bits per heavy atom. The summed E-state index contributed by atoms with van der Waals surface area (Å²) in [6.45, 7) is 6.57. The zero-order valence-corrected chi connectivity index (χ0v) is 47.2. The fourth-order valence-electron chi connectivity index (χ4n) is 6.20. The number of aliphatic carboxylic acids is 1. The van der Waals surface area contributed by atoms with E-state index in [1.165, 1.54) is 13.0 Å². The molecule has 0 saturated carbocycles. The number of alkyl halides is 5. The second-order valence-corrected chi connectivity index (χ2v) is 23.6. The molecule has 404 valence electrons. The highest BCUT2D eigenvalue weighted by Gasteiger charge is 2.32. The minimum atomic E-state index is -4.35. The summed E-state index contributed by atoms with van der Waals surface area (Å²) in [6.07, 6.45) is 7.65. The second-order valence-electron chi connectivity index (χ2n) is 15.7. The summed E-state index contributed by atoms with van der Waals surface area (Å²) in [6, 6.07) is 15.6. The quantitative estimate of drug-likeness (QED) is 0.0540. The van der Waals surface area contributed by atoms with E-state index >= 15 is 0 Å². The Bertz CT molecular complexity index is 2650. The van der Waals surface area contributed by atoms with Crippen LogP contribution in [0.1, 0.15) is 44.3 Å². The largest absolute Gasteiger partial charge is 0.778 e. The van der Waals surface area contributed by atoms with E-state index in [9.17, 15) is 45.8 Å². The predicted molar refractivity (Wildman–Crippen MR) is 282 cm³/mol. The van der Waals surface area contributed by atoms with Gasteiger partial charge in [-0.2, -0.15) is 13.5 Å².